The van der Waals surface area contributed by atoms with Gasteiger partial charge >= 0.3 is 6.03 Å². The smallest absolute Gasteiger partial charge is 0.315 e. The fourth-order valence-corrected chi connectivity index (χ4v) is 3.48. The lowest BCUT2D eigenvalue weighted by Gasteiger charge is -2.27. The van der Waals surface area contributed by atoms with Crippen molar-refractivity contribution in [2.24, 2.45) is 11.8 Å². The van der Waals surface area contributed by atoms with E-state index < -0.39 is 0 Å². The summed E-state index contributed by atoms with van der Waals surface area (Å²) in [7, 11) is 0. The van der Waals surface area contributed by atoms with Gasteiger partial charge in [-0.15, -0.1) is 10.2 Å². The molecule has 7 heteroatoms. The molecule has 3 unspecified atom stereocenters. The van der Waals surface area contributed by atoms with Crippen molar-refractivity contribution in [3.63, 3.8) is 0 Å². The fraction of sp³-hybridized carbons (Fsp3) is 0.611. The van der Waals surface area contributed by atoms with E-state index in [9.17, 15) is 9.90 Å². The summed E-state index contributed by atoms with van der Waals surface area (Å²) in [5.41, 5.74) is 0.765. The highest BCUT2D eigenvalue weighted by atomic mass is 16.3. The van der Waals surface area contributed by atoms with E-state index in [-0.39, 0.29) is 24.1 Å². The highest BCUT2D eigenvalue weighted by Crippen LogP contribution is 2.24. The molecule has 0 saturated heterocycles. The quantitative estimate of drug-likeness (QED) is 0.775. The van der Waals surface area contributed by atoms with E-state index in [0.29, 0.717) is 12.5 Å². The Morgan fingerprint density at radius 2 is 2.20 bits per heavy atom. The standard InChI is InChI=1S/C18H27N5O2/c1-12(2)16(17-22-21-15-8-3-4-9-23(15)17)20-18(25)19-11-13-6-5-7-14(24)10-13/h3-4,8-9,12-14,16,24H,5-7,10-11H2,1-2H3,(H2,19,20,25). The number of pyridine rings is 1. The van der Waals surface area contributed by atoms with Gasteiger partial charge in [-0.25, -0.2) is 4.79 Å². The highest BCUT2D eigenvalue weighted by molar-refractivity contribution is 5.74. The number of carbonyl (C=O) groups excluding carboxylic acids is 1. The van der Waals surface area contributed by atoms with Gasteiger partial charge in [0.05, 0.1) is 12.1 Å². The summed E-state index contributed by atoms with van der Waals surface area (Å²) in [5.74, 6) is 1.25. The van der Waals surface area contributed by atoms with Gasteiger partial charge in [-0.05, 0) is 43.2 Å². The molecule has 1 saturated carbocycles. The second kappa shape index (κ2) is 7.82. The Hall–Kier alpha value is -2.15. The molecule has 2 aromatic rings. The van der Waals surface area contributed by atoms with E-state index in [1.54, 1.807) is 0 Å². The van der Waals surface area contributed by atoms with Crippen molar-refractivity contribution in [3.8, 4) is 0 Å². The van der Waals surface area contributed by atoms with Crippen molar-refractivity contribution >= 4 is 11.7 Å². The number of rotatable bonds is 5. The molecule has 7 nitrogen and oxygen atoms in total. The predicted octanol–water partition coefficient (Wildman–Crippen LogP) is 2.28. The molecular formula is C18H27N5O2. The monoisotopic (exact) mass is 345 g/mol. The summed E-state index contributed by atoms with van der Waals surface area (Å²) in [5, 5.41) is 24.2. The summed E-state index contributed by atoms with van der Waals surface area (Å²) >= 11 is 0. The van der Waals surface area contributed by atoms with Gasteiger partial charge in [0.15, 0.2) is 11.5 Å². The summed E-state index contributed by atoms with van der Waals surface area (Å²) in [6.45, 7) is 4.69. The Kier molecular flexibility index (Phi) is 5.53. The largest absolute Gasteiger partial charge is 0.393 e. The van der Waals surface area contributed by atoms with Crippen molar-refractivity contribution in [1.82, 2.24) is 25.2 Å². The first-order valence-corrected chi connectivity index (χ1v) is 9.06. The molecule has 2 amide bonds. The molecule has 3 rings (SSSR count). The molecule has 0 aromatic carbocycles. The van der Waals surface area contributed by atoms with Crippen LogP contribution in [0.1, 0.15) is 51.4 Å². The SMILES string of the molecule is CC(C)C(NC(=O)NCC1CCCC(O)C1)c1nnc2ccccn12. The van der Waals surface area contributed by atoms with Crippen LogP contribution in [0.15, 0.2) is 24.4 Å². The predicted molar refractivity (Wildman–Crippen MR) is 95.1 cm³/mol. The third-order valence-corrected chi connectivity index (χ3v) is 4.88. The number of nitrogens with one attached hydrogen (secondary N) is 2. The van der Waals surface area contributed by atoms with Crippen LogP contribution in [0, 0.1) is 11.8 Å². The minimum Gasteiger partial charge on any atom is -0.393 e. The van der Waals surface area contributed by atoms with Gasteiger partial charge in [0.1, 0.15) is 0 Å². The van der Waals surface area contributed by atoms with Gasteiger partial charge in [0.25, 0.3) is 0 Å². The molecular weight excluding hydrogens is 318 g/mol. The Bertz CT molecular complexity index is 714. The molecule has 0 radical (unpaired) electrons. The number of nitrogens with zero attached hydrogens (tertiary/aromatic N) is 3. The summed E-state index contributed by atoms with van der Waals surface area (Å²) < 4.78 is 1.91. The molecule has 1 fully saturated rings. The number of urea groups is 1. The molecule has 1 aliphatic carbocycles. The normalized spacial score (nSPS) is 22.1. The van der Waals surface area contributed by atoms with Gasteiger partial charge in [-0.3, -0.25) is 4.40 Å². The van der Waals surface area contributed by atoms with Crippen LogP contribution in [-0.2, 0) is 0 Å². The van der Waals surface area contributed by atoms with Crippen LogP contribution in [0.2, 0.25) is 0 Å². The summed E-state index contributed by atoms with van der Waals surface area (Å²) in [4.78, 5) is 12.4. The molecule has 3 N–H and O–H groups in total. The van der Waals surface area contributed by atoms with Gasteiger partial charge in [-0.2, -0.15) is 0 Å². The van der Waals surface area contributed by atoms with E-state index in [1.807, 2.05) is 42.6 Å². The first-order chi connectivity index (χ1) is 12.0. The molecule has 3 atom stereocenters. The second-order valence-corrected chi connectivity index (χ2v) is 7.25. The second-order valence-electron chi connectivity index (χ2n) is 7.25. The minimum absolute atomic E-state index is 0.176. The Labute approximate surface area is 147 Å². The van der Waals surface area contributed by atoms with E-state index in [0.717, 1.165) is 37.2 Å². The van der Waals surface area contributed by atoms with E-state index in [4.69, 9.17) is 0 Å². The zero-order valence-corrected chi connectivity index (χ0v) is 14.9. The van der Waals surface area contributed by atoms with E-state index in [1.165, 1.54) is 0 Å². The third kappa shape index (κ3) is 4.28. The van der Waals surface area contributed by atoms with Crippen LogP contribution in [0.4, 0.5) is 4.79 Å². The minimum atomic E-state index is -0.227. The maximum atomic E-state index is 12.4. The third-order valence-electron chi connectivity index (χ3n) is 4.88. The fourth-order valence-electron chi connectivity index (χ4n) is 3.48. The molecule has 2 heterocycles. The molecule has 25 heavy (non-hydrogen) atoms. The topological polar surface area (TPSA) is 91.5 Å². The number of aliphatic hydroxyl groups excluding tert-OH is 1. The van der Waals surface area contributed by atoms with Crippen molar-refractivity contribution in [2.45, 2.75) is 51.7 Å². The van der Waals surface area contributed by atoms with Crippen LogP contribution in [0.3, 0.4) is 0 Å². The summed E-state index contributed by atoms with van der Waals surface area (Å²) in [6.07, 6.45) is 5.40. The van der Waals surface area contributed by atoms with Crippen molar-refractivity contribution < 1.29 is 9.90 Å². The lowest BCUT2D eigenvalue weighted by atomic mass is 9.87. The van der Waals surface area contributed by atoms with Crippen LogP contribution < -0.4 is 10.6 Å². The average Bonchev–Trinajstić information content (AvgIpc) is 3.01. The van der Waals surface area contributed by atoms with Crippen LogP contribution >= 0.6 is 0 Å². The number of hydrogen-bond donors (Lipinski definition) is 3. The maximum absolute atomic E-state index is 12.4. The van der Waals surface area contributed by atoms with Crippen molar-refractivity contribution in [3.05, 3.63) is 30.2 Å². The summed E-state index contributed by atoms with van der Waals surface area (Å²) in [6, 6.07) is 5.30. The Balaban J connectivity index is 1.62. The van der Waals surface area contributed by atoms with E-state index in [2.05, 4.69) is 20.8 Å². The number of fused-ring (bicyclic) bond motifs is 1. The maximum Gasteiger partial charge on any atom is 0.315 e. The van der Waals surface area contributed by atoms with Crippen LogP contribution in [0.25, 0.3) is 5.65 Å². The van der Waals surface area contributed by atoms with Crippen LogP contribution in [0.5, 0.6) is 0 Å². The van der Waals surface area contributed by atoms with Crippen LogP contribution in [-0.4, -0.2) is 38.4 Å². The molecule has 1 aliphatic rings. The van der Waals surface area contributed by atoms with Gasteiger partial charge in [-0.1, -0.05) is 26.3 Å². The van der Waals surface area contributed by atoms with Gasteiger partial charge in [0, 0.05) is 12.7 Å². The zero-order valence-electron chi connectivity index (χ0n) is 14.9. The average molecular weight is 345 g/mol. The van der Waals surface area contributed by atoms with Gasteiger partial charge in [0.2, 0.25) is 0 Å². The van der Waals surface area contributed by atoms with E-state index >= 15 is 0 Å². The first kappa shape index (κ1) is 17.7. The number of aliphatic hydroxyl groups is 1. The molecule has 0 aliphatic heterocycles. The number of hydrogen-bond acceptors (Lipinski definition) is 4. The van der Waals surface area contributed by atoms with Gasteiger partial charge < -0.3 is 15.7 Å². The lowest BCUT2D eigenvalue weighted by Crippen LogP contribution is -2.43. The Morgan fingerprint density at radius 1 is 1.36 bits per heavy atom. The highest BCUT2D eigenvalue weighted by Gasteiger charge is 2.25. The number of amides is 2. The molecule has 0 bridgehead atoms. The molecule has 2 aromatic heterocycles. The Morgan fingerprint density at radius 3 is 2.96 bits per heavy atom. The molecule has 0 spiro atoms. The first-order valence-electron chi connectivity index (χ1n) is 9.06. The van der Waals surface area contributed by atoms with Crippen molar-refractivity contribution in [1.29, 1.82) is 0 Å². The number of aromatic nitrogens is 3. The zero-order chi connectivity index (χ0) is 17.8. The lowest BCUT2D eigenvalue weighted by molar-refractivity contribution is 0.101. The van der Waals surface area contributed by atoms with Crippen molar-refractivity contribution in [2.75, 3.05) is 6.54 Å². The molecule has 136 valence electrons. The number of carbonyl (C=O) groups is 1.